The number of halogens is 2. The van der Waals surface area contributed by atoms with E-state index in [1.807, 2.05) is 32.2 Å². The normalized spacial score (nSPS) is 10.9. The van der Waals surface area contributed by atoms with Crippen LogP contribution in [0.25, 0.3) is 0 Å². The van der Waals surface area contributed by atoms with Crippen LogP contribution in [-0.2, 0) is 26.5 Å². The van der Waals surface area contributed by atoms with E-state index in [1.165, 1.54) is 0 Å². The molecule has 2 rings (SSSR count). The van der Waals surface area contributed by atoms with E-state index in [1.54, 1.807) is 4.68 Å². The molecule has 0 amide bonds. The Morgan fingerprint density at radius 1 is 1.43 bits per heavy atom. The van der Waals surface area contributed by atoms with E-state index >= 15 is 0 Å². The molecule has 0 aliphatic carbocycles. The van der Waals surface area contributed by atoms with Gasteiger partial charge in [0, 0.05) is 7.05 Å². The zero-order valence-corrected chi connectivity index (χ0v) is 14.5. The fourth-order valence-electron chi connectivity index (χ4n) is 2.18. The van der Waals surface area contributed by atoms with Crippen LogP contribution in [0.5, 0.6) is 5.75 Å². The van der Waals surface area contributed by atoms with Gasteiger partial charge in [0.05, 0.1) is 20.9 Å². The molecule has 0 fully saturated rings. The van der Waals surface area contributed by atoms with Gasteiger partial charge in [0.15, 0.2) is 0 Å². The molecule has 4 nitrogen and oxygen atoms in total. The Labute approximate surface area is 138 Å². The van der Waals surface area contributed by atoms with Gasteiger partial charge in [-0.2, -0.15) is 5.10 Å². The Bertz CT molecular complexity index is 628. The van der Waals surface area contributed by atoms with Crippen molar-refractivity contribution in [3.8, 4) is 5.75 Å². The highest BCUT2D eigenvalue weighted by atomic mass is 79.9. The van der Waals surface area contributed by atoms with E-state index in [2.05, 4.69) is 21.0 Å². The second-order valence-electron chi connectivity index (χ2n) is 4.74. The summed E-state index contributed by atoms with van der Waals surface area (Å²) in [5.41, 5.74) is 8.51. The summed E-state index contributed by atoms with van der Waals surface area (Å²) < 4.78 is 8.68. The molecule has 0 aliphatic rings. The van der Waals surface area contributed by atoms with Crippen LogP contribution in [0.15, 0.2) is 22.7 Å². The van der Waals surface area contributed by atoms with Crippen molar-refractivity contribution in [1.82, 2.24) is 9.78 Å². The summed E-state index contributed by atoms with van der Waals surface area (Å²) in [5.74, 6) is 0.818. The molecule has 0 radical (unpaired) electrons. The molecule has 6 heteroatoms. The van der Waals surface area contributed by atoms with Gasteiger partial charge >= 0.3 is 0 Å². The third-order valence-corrected chi connectivity index (χ3v) is 4.38. The SMILES string of the molecule is CCc1nn(C)c(COc2c(Br)cccc2CCN)c1Cl. The largest absolute Gasteiger partial charge is 0.486 e. The molecule has 1 aromatic heterocycles. The van der Waals surface area contributed by atoms with E-state index in [0.29, 0.717) is 18.2 Å². The first-order valence-electron chi connectivity index (χ1n) is 6.89. The number of aryl methyl sites for hydroxylation is 2. The average molecular weight is 373 g/mol. The van der Waals surface area contributed by atoms with Crippen molar-refractivity contribution < 1.29 is 4.74 Å². The maximum absolute atomic E-state index is 6.34. The van der Waals surface area contributed by atoms with Gasteiger partial charge in [-0.1, -0.05) is 30.7 Å². The number of nitrogens with zero attached hydrogens (tertiary/aromatic N) is 2. The highest BCUT2D eigenvalue weighted by Gasteiger charge is 2.15. The highest BCUT2D eigenvalue weighted by Crippen LogP contribution is 2.31. The maximum Gasteiger partial charge on any atom is 0.137 e. The van der Waals surface area contributed by atoms with Crippen molar-refractivity contribution in [3.63, 3.8) is 0 Å². The number of hydrogen-bond donors (Lipinski definition) is 1. The first-order chi connectivity index (χ1) is 10.1. The van der Waals surface area contributed by atoms with E-state index < -0.39 is 0 Å². The average Bonchev–Trinajstić information content (AvgIpc) is 2.73. The Hall–Kier alpha value is -1.04. The van der Waals surface area contributed by atoms with Gasteiger partial charge in [-0.3, -0.25) is 4.68 Å². The molecular formula is C15H19BrClN3O. The van der Waals surface area contributed by atoms with Gasteiger partial charge in [0.25, 0.3) is 0 Å². The zero-order valence-electron chi connectivity index (χ0n) is 12.2. The van der Waals surface area contributed by atoms with Gasteiger partial charge in [-0.25, -0.2) is 0 Å². The standard InChI is InChI=1S/C15H19BrClN3O/c1-3-12-14(17)13(20(2)19-12)9-21-15-10(7-8-18)5-4-6-11(15)16/h4-6H,3,7-9,18H2,1-2H3. The molecule has 0 saturated carbocycles. The monoisotopic (exact) mass is 371 g/mol. The van der Waals surface area contributed by atoms with E-state index in [-0.39, 0.29) is 0 Å². The number of rotatable bonds is 6. The van der Waals surface area contributed by atoms with Crippen LogP contribution >= 0.6 is 27.5 Å². The van der Waals surface area contributed by atoms with Crippen LogP contribution in [0.4, 0.5) is 0 Å². The van der Waals surface area contributed by atoms with Gasteiger partial charge in [0.1, 0.15) is 12.4 Å². The molecule has 0 unspecified atom stereocenters. The first-order valence-corrected chi connectivity index (χ1v) is 8.06. The molecular weight excluding hydrogens is 354 g/mol. The summed E-state index contributed by atoms with van der Waals surface area (Å²) in [5, 5.41) is 5.08. The summed E-state index contributed by atoms with van der Waals surface area (Å²) >= 11 is 9.87. The van der Waals surface area contributed by atoms with Gasteiger partial charge < -0.3 is 10.5 Å². The van der Waals surface area contributed by atoms with Crippen molar-refractivity contribution in [2.75, 3.05) is 6.54 Å². The van der Waals surface area contributed by atoms with Crippen LogP contribution in [-0.4, -0.2) is 16.3 Å². The Balaban J connectivity index is 2.22. The van der Waals surface area contributed by atoms with Crippen LogP contribution in [0, 0.1) is 0 Å². The molecule has 2 N–H and O–H groups in total. The smallest absolute Gasteiger partial charge is 0.137 e. The molecule has 21 heavy (non-hydrogen) atoms. The fraction of sp³-hybridized carbons (Fsp3) is 0.400. The topological polar surface area (TPSA) is 53.1 Å². The molecule has 0 saturated heterocycles. The Morgan fingerprint density at radius 2 is 2.19 bits per heavy atom. The number of aromatic nitrogens is 2. The molecule has 0 spiro atoms. The van der Waals surface area contributed by atoms with Crippen LogP contribution in [0.2, 0.25) is 5.02 Å². The number of benzene rings is 1. The minimum Gasteiger partial charge on any atom is -0.486 e. The summed E-state index contributed by atoms with van der Waals surface area (Å²) in [6.07, 6.45) is 1.58. The summed E-state index contributed by atoms with van der Waals surface area (Å²) in [7, 11) is 1.88. The van der Waals surface area contributed by atoms with Crippen molar-refractivity contribution >= 4 is 27.5 Å². The lowest BCUT2D eigenvalue weighted by Crippen LogP contribution is -2.08. The van der Waals surface area contributed by atoms with E-state index in [9.17, 15) is 0 Å². The minimum absolute atomic E-state index is 0.377. The number of nitrogens with two attached hydrogens (primary N) is 1. The van der Waals surface area contributed by atoms with Crippen LogP contribution in [0.3, 0.4) is 0 Å². The number of ether oxygens (including phenoxy) is 1. The summed E-state index contributed by atoms with van der Waals surface area (Å²) in [4.78, 5) is 0. The van der Waals surface area contributed by atoms with Crippen LogP contribution < -0.4 is 10.5 Å². The highest BCUT2D eigenvalue weighted by molar-refractivity contribution is 9.10. The predicted octanol–water partition coefficient (Wildman–Crippen LogP) is 3.48. The van der Waals surface area contributed by atoms with Gasteiger partial charge in [0.2, 0.25) is 0 Å². The van der Waals surface area contributed by atoms with Gasteiger partial charge in [-0.15, -0.1) is 0 Å². The van der Waals surface area contributed by atoms with Crippen LogP contribution in [0.1, 0.15) is 23.9 Å². The minimum atomic E-state index is 0.377. The van der Waals surface area contributed by atoms with Gasteiger partial charge in [-0.05, 0) is 46.9 Å². The molecule has 2 aromatic rings. The maximum atomic E-state index is 6.34. The van der Waals surface area contributed by atoms with Crippen molar-refractivity contribution in [1.29, 1.82) is 0 Å². The Kier molecular flexibility index (Phi) is 5.67. The summed E-state index contributed by atoms with van der Waals surface area (Å²) in [6.45, 7) is 2.99. The first kappa shape index (κ1) is 16.3. The molecule has 1 heterocycles. The number of hydrogen-bond acceptors (Lipinski definition) is 3. The van der Waals surface area contributed by atoms with Crippen molar-refractivity contribution in [3.05, 3.63) is 44.6 Å². The number of para-hydroxylation sites is 1. The van der Waals surface area contributed by atoms with Crippen molar-refractivity contribution in [2.24, 2.45) is 12.8 Å². The molecule has 0 aliphatic heterocycles. The molecule has 114 valence electrons. The quantitative estimate of drug-likeness (QED) is 0.844. The predicted molar refractivity (Wildman–Crippen MR) is 88.8 cm³/mol. The zero-order chi connectivity index (χ0) is 15.4. The van der Waals surface area contributed by atoms with Crippen molar-refractivity contribution in [2.45, 2.75) is 26.4 Å². The second-order valence-corrected chi connectivity index (χ2v) is 5.97. The van der Waals surface area contributed by atoms with E-state index in [0.717, 1.165) is 40.0 Å². The lowest BCUT2D eigenvalue weighted by atomic mass is 10.1. The second kappa shape index (κ2) is 7.29. The lowest BCUT2D eigenvalue weighted by Gasteiger charge is -2.13. The third kappa shape index (κ3) is 3.59. The molecule has 0 atom stereocenters. The molecule has 1 aromatic carbocycles. The summed E-state index contributed by atoms with van der Waals surface area (Å²) in [6, 6.07) is 5.96. The third-order valence-electron chi connectivity index (χ3n) is 3.32. The Morgan fingerprint density at radius 3 is 2.81 bits per heavy atom. The molecule has 0 bridgehead atoms. The fourth-order valence-corrected chi connectivity index (χ4v) is 3.05. The van der Waals surface area contributed by atoms with E-state index in [4.69, 9.17) is 22.1 Å². The lowest BCUT2D eigenvalue weighted by molar-refractivity contribution is 0.290.